The van der Waals surface area contributed by atoms with E-state index in [1.54, 1.807) is 7.11 Å². The molecule has 0 amide bonds. The second-order valence-electron chi connectivity index (χ2n) is 5.04. The zero-order valence-electron chi connectivity index (χ0n) is 10.3. The van der Waals surface area contributed by atoms with Crippen LogP contribution in [-0.4, -0.2) is 28.8 Å². The second kappa shape index (κ2) is 4.14. The van der Waals surface area contributed by atoms with Crippen molar-refractivity contribution in [1.29, 1.82) is 0 Å². The van der Waals surface area contributed by atoms with Crippen LogP contribution in [0.3, 0.4) is 0 Å². The van der Waals surface area contributed by atoms with Crippen molar-refractivity contribution in [3.05, 3.63) is 17.3 Å². The van der Waals surface area contributed by atoms with E-state index in [9.17, 15) is 4.79 Å². The first kappa shape index (κ1) is 12.1. The number of hydrogen-bond acceptors (Lipinski definition) is 4. The number of methoxy groups -OCH3 is 1. The topological polar surface area (TPSA) is 72.6 Å². The monoisotopic (exact) mass is 239 g/mol. The molecule has 0 aliphatic heterocycles. The normalized spacial score (nSPS) is 16.2. The number of aromatic nitrogens is 1. The van der Waals surface area contributed by atoms with Gasteiger partial charge in [0.25, 0.3) is 0 Å². The number of aromatic carboxylic acids is 1. The first-order valence-corrected chi connectivity index (χ1v) is 5.71. The van der Waals surface area contributed by atoms with E-state index in [1.165, 1.54) is 0 Å². The molecule has 0 bridgehead atoms. The number of ether oxygens (including phenoxy) is 1. The Bertz CT molecular complexity index is 432. The maximum atomic E-state index is 11.0. The highest BCUT2D eigenvalue weighted by atomic mass is 16.5. The third-order valence-electron chi connectivity index (χ3n) is 2.99. The van der Waals surface area contributed by atoms with E-state index in [2.05, 4.69) is 4.98 Å². The van der Waals surface area contributed by atoms with Crippen molar-refractivity contribution in [1.82, 2.24) is 4.98 Å². The van der Waals surface area contributed by atoms with Crippen molar-refractivity contribution in [2.24, 2.45) is 0 Å². The number of oxazole rings is 1. The van der Waals surface area contributed by atoms with Crippen LogP contribution >= 0.6 is 0 Å². The van der Waals surface area contributed by atoms with E-state index in [0.29, 0.717) is 18.0 Å². The molecule has 1 aromatic heterocycles. The van der Waals surface area contributed by atoms with Gasteiger partial charge in [0.1, 0.15) is 0 Å². The van der Waals surface area contributed by atoms with E-state index in [1.807, 2.05) is 13.8 Å². The van der Waals surface area contributed by atoms with Crippen molar-refractivity contribution in [2.75, 3.05) is 7.11 Å². The van der Waals surface area contributed by atoms with Gasteiger partial charge >= 0.3 is 5.97 Å². The average molecular weight is 239 g/mol. The predicted molar refractivity (Wildman–Crippen MR) is 60.2 cm³/mol. The second-order valence-corrected chi connectivity index (χ2v) is 5.04. The molecule has 17 heavy (non-hydrogen) atoms. The highest BCUT2D eigenvalue weighted by molar-refractivity contribution is 5.85. The van der Waals surface area contributed by atoms with Crippen LogP contribution in [0.4, 0.5) is 0 Å². The number of carboxylic acid groups (broad SMARTS) is 1. The standard InChI is InChI=1S/C12H17NO4/c1-12(2,16-3)6-8-13-9(7-4-5-7)10(17-8)11(14)15/h7H,4-6H2,1-3H3,(H,14,15). The van der Waals surface area contributed by atoms with Crippen molar-refractivity contribution >= 4 is 5.97 Å². The summed E-state index contributed by atoms with van der Waals surface area (Å²) in [7, 11) is 1.61. The largest absolute Gasteiger partial charge is 0.475 e. The van der Waals surface area contributed by atoms with Gasteiger partial charge < -0.3 is 14.3 Å². The lowest BCUT2D eigenvalue weighted by atomic mass is 10.1. The summed E-state index contributed by atoms with van der Waals surface area (Å²) in [5.41, 5.74) is 0.195. The van der Waals surface area contributed by atoms with Crippen molar-refractivity contribution in [2.45, 2.75) is 44.6 Å². The van der Waals surface area contributed by atoms with Gasteiger partial charge in [0.15, 0.2) is 5.89 Å². The molecule has 0 radical (unpaired) electrons. The molecule has 1 heterocycles. The van der Waals surface area contributed by atoms with Crippen molar-refractivity contribution in [3.8, 4) is 0 Å². The highest BCUT2D eigenvalue weighted by Gasteiger charge is 2.34. The molecule has 1 fully saturated rings. The Morgan fingerprint density at radius 2 is 2.24 bits per heavy atom. The molecule has 94 valence electrons. The number of rotatable bonds is 5. The Balaban J connectivity index is 2.24. The molecule has 1 N–H and O–H groups in total. The summed E-state index contributed by atoms with van der Waals surface area (Å²) in [4.78, 5) is 15.3. The van der Waals surface area contributed by atoms with E-state index in [0.717, 1.165) is 12.8 Å². The third kappa shape index (κ3) is 2.66. The van der Waals surface area contributed by atoms with Gasteiger partial charge in [-0.15, -0.1) is 0 Å². The van der Waals surface area contributed by atoms with E-state index >= 15 is 0 Å². The molecule has 1 saturated carbocycles. The van der Waals surface area contributed by atoms with Crippen LogP contribution < -0.4 is 0 Å². The van der Waals surface area contributed by atoms with Gasteiger partial charge in [0.2, 0.25) is 5.76 Å². The minimum Gasteiger partial charge on any atom is -0.475 e. The summed E-state index contributed by atoms with van der Waals surface area (Å²) in [5, 5.41) is 9.05. The van der Waals surface area contributed by atoms with Gasteiger partial charge in [-0.05, 0) is 26.7 Å². The maximum Gasteiger partial charge on any atom is 0.373 e. The number of hydrogen-bond donors (Lipinski definition) is 1. The minimum atomic E-state index is -1.04. The number of carbonyl (C=O) groups is 1. The van der Waals surface area contributed by atoms with Gasteiger partial charge in [-0.2, -0.15) is 0 Å². The molecule has 1 aliphatic rings. The lowest BCUT2D eigenvalue weighted by Crippen LogP contribution is -2.25. The molecule has 0 unspecified atom stereocenters. The van der Waals surface area contributed by atoms with Crippen LogP contribution in [0.5, 0.6) is 0 Å². The number of carboxylic acids is 1. The van der Waals surface area contributed by atoms with Crippen LogP contribution in [0.2, 0.25) is 0 Å². The quantitative estimate of drug-likeness (QED) is 0.852. The molecule has 5 nitrogen and oxygen atoms in total. The Kier molecular flexibility index (Phi) is 2.95. The zero-order chi connectivity index (χ0) is 12.6. The molecular weight excluding hydrogens is 222 g/mol. The van der Waals surface area contributed by atoms with Crippen LogP contribution in [0.1, 0.15) is 54.7 Å². The first-order chi connectivity index (χ1) is 7.93. The van der Waals surface area contributed by atoms with Gasteiger partial charge in [-0.3, -0.25) is 0 Å². The molecule has 0 atom stereocenters. The van der Waals surface area contributed by atoms with Crippen LogP contribution in [0.25, 0.3) is 0 Å². The SMILES string of the molecule is COC(C)(C)Cc1nc(C2CC2)c(C(=O)O)o1. The van der Waals surface area contributed by atoms with Gasteiger partial charge in [-0.25, -0.2) is 9.78 Å². The summed E-state index contributed by atoms with van der Waals surface area (Å²) in [6.45, 7) is 3.82. The fourth-order valence-corrected chi connectivity index (χ4v) is 1.68. The summed E-state index contributed by atoms with van der Waals surface area (Å²) >= 11 is 0. The minimum absolute atomic E-state index is 0.00518. The fourth-order valence-electron chi connectivity index (χ4n) is 1.68. The van der Waals surface area contributed by atoms with Crippen molar-refractivity contribution in [3.63, 3.8) is 0 Å². The number of nitrogens with zero attached hydrogens (tertiary/aromatic N) is 1. The highest BCUT2D eigenvalue weighted by Crippen LogP contribution is 2.41. The molecule has 5 heteroatoms. The van der Waals surface area contributed by atoms with E-state index in [4.69, 9.17) is 14.3 Å². The van der Waals surface area contributed by atoms with Gasteiger partial charge in [0.05, 0.1) is 17.7 Å². The molecule has 0 spiro atoms. The predicted octanol–water partition coefficient (Wildman–Crippen LogP) is 2.22. The summed E-state index contributed by atoms with van der Waals surface area (Å²) in [5.74, 6) is -0.337. The lowest BCUT2D eigenvalue weighted by Gasteiger charge is -2.20. The van der Waals surface area contributed by atoms with Crippen LogP contribution in [0.15, 0.2) is 4.42 Å². The summed E-state index contributed by atoms with van der Waals surface area (Å²) < 4.78 is 10.6. The van der Waals surface area contributed by atoms with E-state index < -0.39 is 11.6 Å². The average Bonchev–Trinajstić information content (AvgIpc) is 3.00. The van der Waals surface area contributed by atoms with Crippen LogP contribution in [-0.2, 0) is 11.2 Å². The van der Waals surface area contributed by atoms with Gasteiger partial charge in [0, 0.05) is 13.0 Å². The van der Waals surface area contributed by atoms with Crippen LogP contribution in [0, 0.1) is 0 Å². The van der Waals surface area contributed by atoms with E-state index in [-0.39, 0.29) is 11.7 Å². The Morgan fingerprint density at radius 1 is 1.59 bits per heavy atom. The molecule has 1 aliphatic carbocycles. The molecule has 0 saturated heterocycles. The zero-order valence-corrected chi connectivity index (χ0v) is 10.3. The Morgan fingerprint density at radius 3 is 2.71 bits per heavy atom. The maximum absolute atomic E-state index is 11.0. The molecular formula is C12H17NO4. The third-order valence-corrected chi connectivity index (χ3v) is 2.99. The lowest BCUT2D eigenvalue weighted by molar-refractivity contribution is 0.0176. The van der Waals surface area contributed by atoms with Crippen molar-refractivity contribution < 1.29 is 19.1 Å². The van der Waals surface area contributed by atoms with Gasteiger partial charge in [-0.1, -0.05) is 0 Å². The Hall–Kier alpha value is -1.36. The first-order valence-electron chi connectivity index (χ1n) is 5.71. The Labute approximate surface area is 99.8 Å². The summed E-state index contributed by atoms with van der Waals surface area (Å²) in [6, 6.07) is 0. The summed E-state index contributed by atoms with van der Waals surface area (Å²) in [6.07, 6.45) is 2.47. The smallest absolute Gasteiger partial charge is 0.373 e. The molecule has 1 aromatic rings. The fraction of sp³-hybridized carbons (Fsp3) is 0.667. The molecule has 2 rings (SSSR count). The molecule has 0 aromatic carbocycles.